The lowest BCUT2D eigenvalue weighted by Crippen LogP contribution is -1.83. The van der Waals surface area contributed by atoms with Gasteiger partial charge in [0.1, 0.15) is 0 Å². The van der Waals surface area contributed by atoms with Crippen molar-refractivity contribution in [3.63, 3.8) is 0 Å². The zero-order valence-corrected chi connectivity index (χ0v) is 11.3. The van der Waals surface area contributed by atoms with Crippen LogP contribution in [0.15, 0.2) is 72.8 Å². The highest BCUT2D eigenvalue weighted by molar-refractivity contribution is 5.52. The summed E-state index contributed by atoms with van der Waals surface area (Å²) in [6, 6.07) is 20.8. The Morgan fingerprint density at radius 3 is 1.89 bits per heavy atom. The number of hydrogen-bond donors (Lipinski definition) is 0. The molecule has 0 saturated carbocycles. The predicted octanol–water partition coefficient (Wildman–Crippen LogP) is 5.40. The van der Waals surface area contributed by atoms with Gasteiger partial charge >= 0.3 is 0 Å². The summed E-state index contributed by atoms with van der Waals surface area (Å²) in [4.78, 5) is 0. The molecule has 0 aliphatic carbocycles. The summed E-state index contributed by atoms with van der Waals surface area (Å²) in [7, 11) is 0. The van der Waals surface area contributed by atoms with Crippen LogP contribution >= 0.6 is 0 Å². The van der Waals surface area contributed by atoms with Crippen LogP contribution < -0.4 is 0 Å². The summed E-state index contributed by atoms with van der Waals surface area (Å²) in [5.74, 6) is 1.36. The maximum Gasteiger partial charge on any atom is -0.00173 e. The summed E-state index contributed by atoms with van der Waals surface area (Å²) in [5.41, 5.74) is 2.50. The fraction of sp³-hybridized carbons (Fsp3) is 0.105. The first kappa shape index (κ1) is 13.4. The lowest BCUT2D eigenvalue weighted by Gasteiger charge is -2.00. The van der Waals surface area contributed by atoms with Crippen molar-refractivity contribution >= 4 is 12.2 Å². The maximum atomic E-state index is 2.21. The average molecular weight is 247 g/mol. The molecule has 0 N–H and O–H groups in total. The highest BCUT2D eigenvalue weighted by atomic mass is 14.0. The van der Waals surface area contributed by atoms with Crippen LogP contribution in [-0.2, 0) is 0 Å². The van der Waals surface area contributed by atoms with Crippen LogP contribution in [-0.4, -0.2) is 0 Å². The van der Waals surface area contributed by atoms with Crippen molar-refractivity contribution in [1.82, 2.24) is 0 Å². The first-order valence-corrected chi connectivity index (χ1v) is 6.62. The van der Waals surface area contributed by atoms with E-state index in [9.17, 15) is 0 Å². The molecular weight excluding hydrogens is 228 g/mol. The zero-order valence-electron chi connectivity index (χ0n) is 11.3. The van der Waals surface area contributed by atoms with E-state index in [1.807, 2.05) is 12.1 Å². The Kier molecular flexibility index (Phi) is 5.18. The predicted molar refractivity (Wildman–Crippen MR) is 84.5 cm³/mol. The molecule has 2 aromatic rings. The third kappa shape index (κ3) is 4.97. The van der Waals surface area contributed by atoms with Crippen LogP contribution in [0.5, 0.6) is 0 Å². The van der Waals surface area contributed by atoms with Gasteiger partial charge in [0.25, 0.3) is 0 Å². The monoisotopic (exact) mass is 247 g/mol. The molecule has 2 aromatic carbocycles. The van der Waals surface area contributed by atoms with Gasteiger partial charge in [-0.2, -0.15) is 0 Å². The summed E-state index contributed by atoms with van der Waals surface area (Å²) >= 11 is 0. The van der Waals surface area contributed by atoms with E-state index in [4.69, 9.17) is 0 Å². The number of rotatable bonds is 5. The fourth-order valence-corrected chi connectivity index (χ4v) is 1.82. The number of hydrogen-bond acceptors (Lipinski definition) is 0. The second-order valence-electron chi connectivity index (χ2n) is 4.61. The molecule has 0 bridgehead atoms. The van der Waals surface area contributed by atoms with E-state index < -0.39 is 0 Å². The minimum absolute atomic E-state index is 0.984. The normalized spacial score (nSPS) is 11.7. The lowest BCUT2D eigenvalue weighted by atomic mass is 10.0. The molecule has 1 radical (unpaired) electrons. The minimum atomic E-state index is 0.984. The summed E-state index contributed by atoms with van der Waals surface area (Å²) in [6.07, 6.45) is 9.70. The highest BCUT2D eigenvalue weighted by Crippen LogP contribution is 2.12. The molecule has 0 atom stereocenters. The molecule has 0 unspecified atom stereocenters. The van der Waals surface area contributed by atoms with Gasteiger partial charge in [0.2, 0.25) is 0 Å². The van der Waals surface area contributed by atoms with Gasteiger partial charge in [-0.3, -0.25) is 0 Å². The van der Waals surface area contributed by atoms with Crippen LogP contribution in [0.3, 0.4) is 0 Å². The third-order valence-electron chi connectivity index (χ3n) is 2.91. The Balaban J connectivity index is 1.83. The first-order valence-electron chi connectivity index (χ1n) is 6.62. The van der Waals surface area contributed by atoms with Crippen LogP contribution in [0.4, 0.5) is 0 Å². The van der Waals surface area contributed by atoms with Crippen LogP contribution in [0, 0.1) is 5.92 Å². The molecule has 2 rings (SSSR count). The Morgan fingerprint density at radius 1 is 0.789 bits per heavy atom. The highest BCUT2D eigenvalue weighted by Gasteiger charge is 1.94. The molecule has 0 fully saturated rings. The van der Waals surface area contributed by atoms with Gasteiger partial charge in [-0.1, -0.05) is 91.9 Å². The Bertz CT molecular complexity index is 520. The molecule has 0 saturated heterocycles. The second-order valence-corrected chi connectivity index (χ2v) is 4.61. The van der Waals surface area contributed by atoms with E-state index in [0.717, 1.165) is 6.42 Å². The van der Waals surface area contributed by atoms with E-state index in [2.05, 4.69) is 79.8 Å². The van der Waals surface area contributed by atoms with E-state index >= 15 is 0 Å². The molecule has 0 heterocycles. The molecule has 19 heavy (non-hydrogen) atoms. The van der Waals surface area contributed by atoms with Gasteiger partial charge in [-0.05, 0) is 23.5 Å². The van der Waals surface area contributed by atoms with Gasteiger partial charge in [0, 0.05) is 0 Å². The van der Waals surface area contributed by atoms with Gasteiger partial charge < -0.3 is 0 Å². The summed E-state index contributed by atoms with van der Waals surface area (Å²) < 4.78 is 0. The SMILES string of the molecule is C[C](C=Cc1ccccc1)CC=Cc1ccccc1. The second kappa shape index (κ2) is 7.38. The smallest absolute Gasteiger partial charge is 0.00173 e. The van der Waals surface area contributed by atoms with Crippen LogP contribution in [0.2, 0.25) is 0 Å². The minimum Gasteiger partial charge on any atom is -0.0831 e. The van der Waals surface area contributed by atoms with Crippen molar-refractivity contribution in [3.8, 4) is 0 Å². The molecule has 0 aliphatic rings. The van der Waals surface area contributed by atoms with Crippen molar-refractivity contribution in [1.29, 1.82) is 0 Å². The summed E-state index contributed by atoms with van der Waals surface area (Å²) in [6.45, 7) is 2.16. The Hall–Kier alpha value is -2.08. The molecule has 0 aliphatic heterocycles. The zero-order chi connectivity index (χ0) is 13.3. The van der Waals surface area contributed by atoms with E-state index in [0.29, 0.717) is 0 Å². The Labute approximate surface area is 116 Å². The van der Waals surface area contributed by atoms with Crippen molar-refractivity contribution in [3.05, 3.63) is 89.9 Å². The lowest BCUT2D eigenvalue weighted by molar-refractivity contribution is 1.08. The molecule has 0 spiro atoms. The van der Waals surface area contributed by atoms with Gasteiger partial charge in [-0.25, -0.2) is 0 Å². The quantitative estimate of drug-likeness (QED) is 0.663. The molecule has 0 heteroatoms. The van der Waals surface area contributed by atoms with E-state index in [1.54, 1.807) is 0 Å². The van der Waals surface area contributed by atoms with Crippen molar-refractivity contribution in [2.24, 2.45) is 0 Å². The molecule has 0 amide bonds. The van der Waals surface area contributed by atoms with E-state index in [-0.39, 0.29) is 0 Å². The van der Waals surface area contributed by atoms with Crippen molar-refractivity contribution in [2.75, 3.05) is 0 Å². The Morgan fingerprint density at radius 2 is 1.32 bits per heavy atom. The van der Waals surface area contributed by atoms with Crippen molar-refractivity contribution in [2.45, 2.75) is 13.3 Å². The average Bonchev–Trinajstić information content (AvgIpc) is 2.47. The summed E-state index contributed by atoms with van der Waals surface area (Å²) in [5, 5.41) is 0. The molecule has 0 nitrogen and oxygen atoms in total. The van der Waals surface area contributed by atoms with Gasteiger partial charge in [0.15, 0.2) is 0 Å². The molecule has 95 valence electrons. The fourth-order valence-electron chi connectivity index (χ4n) is 1.82. The largest absolute Gasteiger partial charge is 0.0831 e. The molecule has 0 aromatic heterocycles. The standard InChI is InChI=1S/C19H19/c1-17(15-16-19-12-6-3-7-13-19)9-8-14-18-10-4-2-5-11-18/h2-8,10-16H,9H2,1H3. The maximum absolute atomic E-state index is 2.21. The van der Waals surface area contributed by atoms with Gasteiger partial charge in [-0.15, -0.1) is 0 Å². The topological polar surface area (TPSA) is 0 Å². The third-order valence-corrected chi connectivity index (χ3v) is 2.91. The number of allylic oxidation sites excluding steroid dienone is 2. The van der Waals surface area contributed by atoms with E-state index in [1.165, 1.54) is 17.0 Å². The molecular formula is C19H19. The van der Waals surface area contributed by atoms with Crippen molar-refractivity contribution < 1.29 is 0 Å². The first-order chi connectivity index (χ1) is 9.34. The van der Waals surface area contributed by atoms with Crippen LogP contribution in [0.25, 0.3) is 12.2 Å². The van der Waals surface area contributed by atoms with Gasteiger partial charge in [0.05, 0.1) is 0 Å². The number of benzene rings is 2. The van der Waals surface area contributed by atoms with Crippen LogP contribution in [0.1, 0.15) is 24.5 Å².